The maximum absolute atomic E-state index is 9.26. The Morgan fingerprint density at radius 1 is 0.486 bits per heavy atom. The molecule has 0 spiro atoms. The standard InChI is InChI=1S/C68H47N5O/c1-45-20-16-30-53(47-21-6-3-7-22-47)66(45)71-44-70(61-36-14-15-37-62(61)71)50-27-17-28-51(41-50)74-52-38-39-57-56-29-12-13-35-60(56)72(63(57)42-52)65-40-46(2)64(43-69-65)73-67-54(48-23-8-4-9-24-48)31-18-33-58(67)59-34-19-32-55(68(59)73)49-25-10-5-11-26-49/h3-43H,1-2H3/i1D3,2D3,3D,6D,7D,21D,22D. The minimum absolute atomic E-state index is 0.0864. The number of hydrogen-bond acceptors (Lipinski definition) is 2. The number of para-hydroxylation sites is 6. The molecule has 0 atom stereocenters. The van der Waals surface area contributed by atoms with Crippen LogP contribution >= 0.6 is 0 Å². The van der Waals surface area contributed by atoms with Gasteiger partial charge in [0.1, 0.15) is 17.3 Å². The van der Waals surface area contributed by atoms with Gasteiger partial charge in [-0.3, -0.25) is 13.7 Å². The molecule has 0 saturated carbocycles. The second-order valence-corrected chi connectivity index (χ2v) is 18.1. The summed E-state index contributed by atoms with van der Waals surface area (Å²) in [4.78, 5) is 5.21. The van der Waals surface area contributed by atoms with Crippen molar-refractivity contribution in [1.82, 2.24) is 18.7 Å². The normalized spacial score (nSPS) is 14.1. The highest BCUT2D eigenvalue weighted by Crippen LogP contribution is 2.43. The van der Waals surface area contributed by atoms with Crippen LogP contribution in [0.5, 0.6) is 11.5 Å². The molecule has 0 radical (unpaired) electrons. The number of aromatic nitrogens is 5. The lowest BCUT2D eigenvalue weighted by molar-refractivity contribution is -0.572. The first-order valence-corrected chi connectivity index (χ1v) is 24.2. The van der Waals surface area contributed by atoms with Gasteiger partial charge in [0, 0.05) is 47.0 Å². The molecular weight excluding hydrogens is 903 g/mol. The van der Waals surface area contributed by atoms with E-state index < -0.39 is 43.9 Å². The van der Waals surface area contributed by atoms with Crippen LogP contribution in [0.25, 0.3) is 111 Å². The molecule has 6 heteroatoms. The van der Waals surface area contributed by atoms with E-state index in [4.69, 9.17) is 20.7 Å². The highest BCUT2D eigenvalue weighted by atomic mass is 16.5. The van der Waals surface area contributed by atoms with E-state index in [0.717, 1.165) is 65.9 Å². The van der Waals surface area contributed by atoms with E-state index in [9.17, 15) is 4.11 Å². The van der Waals surface area contributed by atoms with Crippen molar-refractivity contribution < 1.29 is 24.4 Å². The number of aryl methyl sites for hydroxylation is 2. The second kappa shape index (κ2) is 17.5. The average molecular weight is 961 g/mol. The fourth-order valence-corrected chi connectivity index (χ4v) is 10.7. The van der Waals surface area contributed by atoms with Crippen molar-refractivity contribution in [3.05, 3.63) is 266 Å². The second-order valence-electron chi connectivity index (χ2n) is 18.1. The molecule has 0 bridgehead atoms. The monoisotopic (exact) mass is 960 g/mol. The Balaban J connectivity index is 0.904. The van der Waals surface area contributed by atoms with Crippen molar-refractivity contribution in [1.29, 1.82) is 0 Å². The molecule has 0 unspecified atom stereocenters. The summed E-state index contributed by atoms with van der Waals surface area (Å²) in [5, 5.41) is 3.76. The summed E-state index contributed by atoms with van der Waals surface area (Å²) in [6.07, 6.45) is 5.06. The summed E-state index contributed by atoms with van der Waals surface area (Å²) in [5.41, 5.74) is 9.34. The molecule has 4 aromatic heterocycles. The van der Waals surface area contributed by atoms with Crippen LogP contribution in [-0.4, -0.2) is 18.7 Å². The van der Waals surface area contributed by atoms with Crippen molar-refractivity contribution in [2.45, 2.75) is 13.7 Å². The maximum Gasteiger partial charge on any atom is 0.269 e. The zero-order valence-electron chi connectivity index (χ0n) is 50.4. The van der Waals surface area contributed by atoms with Gasteiger partial charge in [-0.2, -0.15) is 0 Å². The van der Waals surface area contributed by atoms with Crippen molar-refractivity contribution >= 4 is 54.6 Å². The lowest BCUT2D eigenvalue weighted by atomic mass is 10.0. The van der Waals surface area contributed by atoms with Crippen molar-refractivity contribution in [2.75, 3.05) is 0 Å². The van der Waals surface area contributed by atoms with E-state index in [-0.39, 0.29) is 27.9 Å². The third-order valence-corrected chi connectivity index (χ3v) is 13.9. The number of rotatable bonds is 9. The fraction of sp³-hybridized carbons (Fsp3) is 0.0294. The Morgan fingerprint density at radius 2 is 1.11 bits per heavy atom. The highest BCUT2D eigenvalue weighted by molar-refractivity contribution is 6.17. The number of fused-ring (bicyclic) bond motifs is 7. The van der Waals surface area contributed by atoms with Crippen molar-refractivity contribution in [3.63, 3.8) is 0 Å². The molecule has 350 valence electrons. The lowest BCUT2D eigenvalue weighted by Gasteiger charge is -2.17. The first kappa shape index (κ1) is 33.0. The first-order valence-electron chi connectivity index (χ1n) is 29.7. The molecular formula is C68H47N5O. The molecule has 14 rings (SSSR count). The van der Waals surface area contributed by atoms with Crippen LogP contribution in [0.15, 0.2) is 249 Å². The van der Waals surface area contributed by atoms with Gasteiger partial charge in [0.2, 0.25) is 0 Å². The summed E-state index contributed by atoms with van der Waals surface area (Å²) in [6.45, 7) is -5.29. The summed E-state index contributed by atoms with van der Waals surface area (Å²) < 4.78 is 111. The van der Waals surface area contributed by atoms with Gasteiger partial charge in [-0.25, -0.2) is 4.98 Å². The first-order chi connectivity index (χ1) is 41.0. The third-order valence-electron chi connectivity index (χ3n) is 13.9. The minimum Gasteiger partial charge on any atom is -0.458 e. The fourth-order valence-electron chi connectivity index (χ4n) is 10.7. The number of ether oxygens (including phenoxy) is 1. The highest BCUT2D eigenvalue weighted by Gasteiger charge is 2.23. The van der Waals surface area contributed by atoms with Crippen molar-refractivity contribution in [3.8, 4) is 67.8 Å². The Bertz CT molecular complexity index is 4900. The van der Waals surface area contributed by atoms with Crippen LogP contribution in [0, 0.1) is 20.0 Å². The van der Waals surface area contributed by atoms with Crippen molar-refractivity contribution in [2.24, 2.45) is 0 Å². The minimum atomic E-state index is -2.69. The van der Waals surface area contributed by atoms with E-state index in [1.807, 2.05) is 132 Å². The molecule has 0 aliphatic carbocycles. The van der Waals surface area contributed by atoms with Gasteiger partial charge >= 0.3 is 0 Å². The molecule has 0 aliphatic heterocycles. The zero-order valence-corrected chi connectivity index (χ0v) is 39.4. The summed E-state index contributed by atoms with van der Waals surface area (Å²) in [7, 11) is 0. The Morgan fingerprint density at radius 3 is 1.85 bits per heavy atom. The van der Waals surface area contributed by atoms with Crippen LogP contribution in [0.4, 0.5) is 0 Å². The third kappa shape index (κ3) is 7.02. The van der Waals surface area contributed by atoms with Gasteiger partial charge in [-0.05, 0) is 89.5 Å². The van der Waals surface area contributed by atoms with Gasteiger partial charge in [0.15, 0.2) is 0 Å². The molecule has 4 heterocycles. The van der Waals surface area contributed by atoms with Gasteiger partial charge in [-0.1, -0.05) is 194 Å². The molecule has 0 amide bonds. The quantitative estimate of drug-likeness (QED) is 0.107. The zero-order chi connectivity index (χ0) is 58.6. The van der Waals surface area contributed by atoms with Crippen LogP contribution in [0.1, 0.15) is 26.2 Å². The number of hydrogen-bond donors (Lipinski definition) is 0. The van der Waals surface area contributed by atoms with E-state index in [1.54, 1.807) is 39.6 Å². The number of pyridine rings is 1. The maximum atomic E-state index is 9.26. The molecule has 14 aromatic rings. The Labute approximate surface area is 444 Å². The number of nitrogens with zero attached hydrogens (tertiary/aromatic N) is 5. The summed E-state index contributed by atoms with van der Waals surface area (Å²) in [6, 6.07) is 64.6. The molecule has 10 aromatic carbocycles. The molecule has 74 heavy (non-hydrogen) atoms. The SMILES string of the molecule is [2H]c1c([2H])c([2H])c(-c2cccc(C([2H])([2H])[2H])c2-[n+]2[c-]n(-c3cccc(Oc4ccc5c6ccccc6n(-c6cc(C([2H])([2H])[2H])c(-n7c8c(-c9ccccc9)cccc8c8cccc(-c9ccccc9)c87)cn6)c5c4)c3)c3ccccc32)c([2H])c1[2H]. The molecule has 0 N–H and O–H groups in total. The summed E-state index contributed by atoms with van der Waals surface area (Å²) in [5.74, 6) is 1.31. The predicted octanol–water partition coefficient (Wildman–Crippen LogP) is 16.7. The topological polar surface area (TPSA) is 40.8 Å². The van der Waals surface area contributed by atoms with E-state index >= 15 is 0 Å². The predicted molar refractivity (Wildman–Crippen MR) is 302 cm³/mol. The van der Waals surface area contributed by atoms with E-state index in [0.29, 0.717) is 39.7 Å². The van der Waals surface area contributed by atoms with Crippen LogP contribution in [0.3, 0.4) is 0 Å². The van der Waals surface area contributed by atoms with E-state index in [2.05, 4.69) is 59.4 Å². The number of imidazole rings is 1. The van der Waals surface area contributed by atoms with Gasteiger partial charge in [-0.15, -0.1) is 0 Å². The van der Waals surface area contributed by atoms with Gasteiger partial charge < -0.3 is 9.30 Å². The molecule has 0 saturated heterocycles. The van der Waals surface area contributed by atoms with Gasteiger partial charge in [0.05, 0.1) is 63.2 Å². The molecule has 0 fully saturated rings. The Hall–Kier alpha value is -9.78. The largest absolute Gasteiger partial charge is 0.458 e. The smallest absolute Gasteiger partial charge is 0.269 e. The number of benzene rings is 10. The van der Waals surface area contributed by atoms with Crippen LogP contribution in [0.2, 0.25) is 0 Å². The molecule has 0 aliphatic rings. The molecule has 6 nitrogen and oxygen atoms in total. The van der Waals surface area contributed by atoms with Crippen LogP contribution < -0.4 is 9.30 Å². The van der Waals surface area contributed by atoms with Gasteiger partial charge in [0.25, 0.3) is 6.33 Å². The lowest BCUT2D eigenvalue weighted by Crippen LogP contribution is -2.31. The average Bonchev–Trinajstić information content (AvgIpc) is 1.95. The van der Waals surface area contributed by atoms with E-state index in [1.165, 1.54) is 12.1 Å². The Kier molecular flexibility index (Phi) is 7.80. The summed E-state index contributed by atoms with van der Waals surface area (Å²) >= 11 is 0. The van der Waals surface area contributed by atoms with Crippen LogP contribution in [-0.2, 0) is 0 Å².